The normalized spacial score (nSPS) is 11.6. The number of carbonyl (C=O) groups excluding carboxylic acids is 1. The minimum Gasteiger partial charge on any atom is -0.438 e. The van der Waals surface area contributed by atoms with Crippen LogP contribution in [0.4, 0.5) is 5.95 Å². The monoisotopic (exact) mass is 348 g/mol. The second kappa shape index (κ2) is 8.22. The van der Waals surface area contributed by atoms with Gasteiger partial charge in [0, 0.05) is 17.8 Å². The van der Waals surface area contributed by atoms with Gasteiger partial charge in [-0.1, -0.05) is 55.5 Å². The number of amides is 1. The van der Waals surface area contributed by atoms with Crippen LogP contribution in [-0.4, -0.2) is 21.9 Å². The molecule has 1 amide bonds. The third kappa shape index (κ3) is 4.23. The lowest BCUT2D eigenvalue weighted by molar-refractivity contribution is -0.117. The van der Waals surface area contributed by atoms with Crippen LogP contribution in [0.1, 0.15) is 13.3 Å². The molecule has 1 heterocycles. The van der Waals surface area contributed by atoms with Gasteiger partial charge in [0.1, 0.15) is 5.75 Å². The van der Waals surface area contributed by atoms with Crippen LogP contribution in [0.3, 0.4) is 0 Å². The first-order chi connectivity index (χ1) is 12.7. The fourth-order valence-electron chi connectivity index (χ4n) is 2.37. The van der Waals surface area contributed by atoms with E-state index < -0.39 is 6.04 Å². The SMILES string of the molecule is CCC(N)C(=O)Nc1nccc(Oc2ccccc2-c2ccccc2)n1. The predicted octanol–water partition coefficient (Wildman–Crippen LogP) is 3.61. The van der Waals surface area contributed by atoms with Crippen molar-refractivity contribution in [2.45, 2.75) is 19.4 Å². The summed E-state index contributed by atoms with van der Waals surface area (Å²) in [6, 6.07) is 18.7. The molecule has 1 unspecified atom stereocenters. The van der Waals surface area contributed by atoms with Gasteiger partial charge in [0.2, 0.25) is 17.7 Å². The van der Waals surface area contributed by atoms with Gasteiger partial charge in [-0.3, -0.25) is 10.1 Å². The van der Waals surface area contributed by atoms with Gasteiger partial charge in [0.05, 0.1) is 6.04 Å². The number of para-hydroxylation sites is 1. The van der Waals surface area contributed by atoms with E-state index in [1.165, 1.54) is 6.20 Å². The Balaban J connectivity index is 1.82. The molecule has 6 heteroatoms. The van der Waals surface area contributed by atoms with Crippen LogP contribution in [0.25, 0.3) is 11.1 Å². The van der Waals surface area contributed by atoms with E-state index in [0.29, 0.717) is 18.1 Å². The molecule has 3 aromatic rings. The van der Waals surface area contributed by atoms with Crippen LogP contribution in [0.5, 0.6) is 11.6 Å². The van der Waals surface area contributed by atoms with Crippen molar-refractivity contribution in [3.05, 3.63) is 66.9 Å². The third-order valence-corrected chi connectivity index (χ3v) is 3.83. The Labute approximate surface area is 152 Å². The summed E-state index contributed by atoms with van der Waals surface area (Å²) >= 11 is 0. The van der Waals surface area contributed by atoms with E-state index >= 15 is 0 Å². The number of nitrogens with zero attached hydrogens (tertiary/aromatic N) is 2. The summed E-state index contributed by atoms with van der Waals surface area (Å²) in [7, 11) is 0. The zero-order valence-electron chi connectivity index (χ0n) is 14.4. The molecular formula is C20H20N4O2. The molecular weight excluding hydrogens is 328 g/mol. The molecule has 3 N–H and O–H groups in total. The number of benzene rings is 2. The first-order valence-corrected chi connectivity index (χ1v) is 8.39. The number of hydrogen-bond acceptors (Lipinski definition) is 5. The molecule has 0 aliphatic rings. The molecule has 0 aliphatic carbocycles. The molecule has 6 nitrogen and oxygen atoms in total. The first kappa shape index (κ1) is 17.6. The highest BCUT2D eigenvalue weighted by Crippen LogP contribution is 2.32. The smallest absolute Gasteiger partial charge is 0.243 e. The minimum absolute atomic E-state index is 0.161. The first-order valence-electron chi connectivity index (χ1n) is 8.39. The summed E-state index contributed by atoms with van der Waals surface area (Å²) in [6.45, 7) is 1.84. The average molecular weight is 348 g/mol. The van der Waals surface area contributed by atoms with Crippen LogP contribution in [0, 0.1) is 0 Å². The average Bonchev–Trinajstić information content (AvgIpc) is 2.68. The summed E-state index contributed by atoms with van der Waals surface area (Å²) < 4.78 is 5.94. The molecule has 132 valence electrons. The van der Waals surface area contributed by atoms with Crippen molar-refractivity contribution >= 4 is 11.9 Å². The zero-order chi connectivity index (χ0) is 18.4. The lowest BCUT2D eigenvalue weighted by atomic mass is 10.1. The Morgan fingerprint density at radius 3 is 2.62 bits per heavy atom. The molecule has 1 atom stereocenters. The van der Waals surface area contributed by atoms with Gasteiger partial charge < -0.3 is 10.5 Å². The Kier molecular flexibility index (Phi) is 5.56. The lowest BCUT2D eigenvalue weighted by Crippen LogP contribution is -2.35. The maximum atomic E-state index is 11.9. The summed E-state index contributed by atoms with van der Waals surface area (Å²) in [5.74, 6) is 0.839. The van der Waals surface area contributed by atoms with Gasteiger partial charge in [0.25, 0.3) is 0 Å². The van der Waals surface area contributed by atoms with Gasteiger partial charge in [-0.15, -0.1) is 0 Å². The van der Waals surface area contributed by atoms with Crippen molar-refractivity contribution in [2.75, 3.05) is 5.32 Å². The number of rotatable bonds is 6. The molecule has 0 saturated heterocycles. The Morgan fingerprint density at radius 1 is 1.12 bits per heavy atom. The summed E-state index contributed by atoms with van der Waals surface area (Å²) in [5.41, 5.74) is 7.70. The highest BCUT2D eigenvalue weighted by atomic mass is 16.5. The molecule has 26 heavy (non-hydrogen) atoms. The van der Waals surface area contributed by atoms with Crippen molar-refractivity contribution in [3.8, 4) is 22.8 Å². The number of nitrogens with two attached hydrogens (primary N) is 1. The van der Waals surface area contributed by atoms with E-state index in [-0.39, 0.29) is 11.9 Å². The van der Waals surface area contributed by atoms with Gasteiger partial charge in [-0.25, -0.2) is 4.98 Å². The molecule has 0 aliphatic heterocycles. The molecule has 3 rings (SSSR count). The maximum Gasteiger partial charge on any atom is 0.243 e. The van der Waals surface area contributed by atoms with Gasteiger partial charge in [0.15, 0.2) is 0 Å². The quantitative estimate of drug-likeness (QED) is 0.710. The van der Waals surface area contributed by atoms with E-state index in [1.54, 1.807) is 6.07 Å². The fraction of sp³-hybridized carbons (Fsp3) is 0.150. The number of nitrogens with one attached hydrogen (secondary N) is 1. The lowest BCUT2D eigenvalue weighted by Gasteiger charge is -2.12. The highest BCUT2D eigenvalue weighted by Gasteiger charge is 2.13. The highest BCUT2D eigenvalue weighted by molar-refractivity contribution is 5.93. The molecule has 0 bridgehead atoms. The van der Waals surface area contributed by atoms with Gasteiger partial charge >= 0.3 is 0 Å². The zero-order valence-corrected chi connectivity index (χ0v) is 14.4. The van der Waals surface area contributed by atoms with E-state index in [4.69, 9.17) is 10.5 Å². The van der Waals surface area contributed by atoms with Crippen LogP contribution in [-0.2, 0) is 4.79 Å². The Bertz CT molecular complexity index is 884. The van der Waals surface area contributed by atoms with Crippen LogP contribution in [0.15, 0.2) is 66.9 Å². The van der Waals surface area contributed by atoms with E-state index in [0.717, 1.165) is 11.1 Å². The molecule has 0 fully saturated rings. The van der Waals surface area contributed by atoms with Gasteiger partial charge in [-0.2, -0.15) is 4.98 Å². The van der Waals surface area contributed by atoms with Crippen LogP contribution >= 0.6 is 0 Å². The minimum atomic E-state index is -0.595. The predicted molar refractivity (Wildman–Crippen MR) is 101 cm³/mol. The Hall–Kier alpha value is -3.25. The summed E-state index contributed by atoms with van der Waals surface area (Å²) in [5, 5.41) is 2.60. The number of ether oxygens (including phenoxy) is 1. The molecule has 0 radical (unpaired) electrons. The second-order valence-electron chi connectivity index (χ2n) is 5.69. The summed E-state index contributed by atoms with van der Waals surface area (Å²) in [4.78, 5) is 20.2. The van der Waals surface area contributed by atoms with Crippen molar-refractivity contribution in [1.29, 1.82) is 0 Å². The van der Waals surface area contributed by atoms with Crippen molar-refractivity contribution in [3.63, 3.8) is 0 Å². The maximum absolute atomic E-state index is 11.9. The summed E-state index contributed by atoms with van der Waals surface area (Å²) in [6.07, 6.45) is 2.06. The second-order valence-corrected chi connectivity index (χ2v) is 5.69. The van der Waals surface area contributed by atoms with E-state index in [2.05, 4.69) is 15.3 Å². The third-order valence-electron chi connectivity index (χ3n) is 3.83. The number of aromatic nitrogens is 2. The molecule has 2 aromatic carbocycles. The largest absolute Gasteiger partial charge is 0.438 e. The standard InChI is InChI=1S/C20H20N4O2/c1-2-16(21)19(25)24-20-22-13-12-18(23-20)26-17-11-7-6-10-15(17)14-8-4-3-5-9-14/h3-13,16H,2,21H2,1H3,(H,22,23,24,25). The topological polar surface area (TPSA) is 90.1 Å². The number of anilines is 1. The molecule has 0 saturated carbocycles. The van der Waals surface area contributed by atoms with Crippen molar-refractivity contribution in [1.82, 2.24) is 9.97 Å². The van der Waals surface area contributed by atoms with E-state index in [9.17, 15) is 4.79 Å². The number of carbonyl (C=O) groups is 1. The van der Waals surface area contributed by atoms with Crippen LogP contribution in [0.2, 0.25) is 0 Å². The van der Waals surface area contributed by atoms with E-state index in [1.807, 2.05) is 61.5 Å². The fourth-order valence-corrected chi connectivity index (χ4v) is 2.37. The number of hydrogen-bond donors (Lipinski definition) is 2. The van der Waals surface area contributed by atoms with Crippen LogP contribution < -0.4 is 15.8 Å². The van der Waals surface area contributed by atoms with Gasteiger partial charge in [-0.05, 0) is 18.1 Å². The Morgan fingerprint density at radius 2 is 1.85 bits per heavy atom. The molecule has 0 spiro atoms. The van der Waals surface area contributed by atoms with Crippen molar-refractivity contribution in [2.24, 2.45) is 5.73 Å². The van der Waals surface area contributed by atoms with Crippen molar-refractivity contribution < 1.29 is 9.53 Å². The molecule has 1 aromatic heterocycles.